The van der Waals surface area contributed by atoms with Gasteiger partial charge in [-0.3, -0.25) is 0 Å². The first-order chi connectivity index (χ1) is 35.7. The summed E-state index contributed by atoms with van der Waals surface area (Å²) in [7, 11) is -1.77. The van der Waals surface area contributed by atoms with E-state index in [1.165, 1.54) is 0 Å². The van der Waals surface area contributed by atoms with Crippen LogP contribution >= 0.6 is 0 Å². The molecule has 1 unspecified atom stereocenters. The molecule has 392 valence electrons. The number of hydrogen-bond donors (Lipinski definition) is 5. The van der Waals surface area contributed by atoms with Crippen LogP contribution in [0.15, 0.2) is 195 Å². The average molecular weight is 1020 g/mol. The first-order valence-corrected chi connectivity index (χ1v) is 29.5. The van der Waals surface area contributed by atoms with Gasteiger partial charge < -0.3 is 54.0 Å². The van der Waals surface area contributed by atoms with Gasteiger partial charge in [0.15, 0.2) is 17.5 Å². The fraction of sp³-hybridized carbons (Fsp3) is 0.387. The average Bonchev–Trinajstić information content (AvgIpc) is 3.42. The second kappa shape index (κ2) is 24.7. The van der Waals surface area contributed by atoms with E-state index in [9.17, 15) is 25.5 Å². The largest absolute Gasteiger partial charge is 0.390 e. The fourth-order valence-corrected chi connectivity index (χ4v) is 11.4. The van der Waals surface area contributed by atoms with Crippen molar-refractivity contribution in [1.29, 1.82) is 0 Å². The lowest BCUT2D eigenvalue weighted by Crippen LogP contribution is -2.88. The predicted octanol–water partition coefficient (Wildman–Crippen LogP) is 8.81. The lowest BCUT2D eigenvalue weighted by Gasteiger charge is -2.66. The predicted molar refractivity (Wildman–Crippen MR) is 289 cm³/mol. The van der Waals surface area contributed by atoms with E-state index in [1.54, 1.807) is 18.2 Å². The van der Waals surface area contributed by atoms with Gasteiger partial charge in [0.25, 0.3) is 0 Å². The van der Waals surface area contributed by atoms with Crippen LogP contribution in [0.4, 0.5) is 0 Å². The minimum atomic E-state index is -2.88. The van der Waals surface area contributed by atoms with Crippen molar-refractivity contribution < 1.29 is 54.0 Å². The molecule has 2 heterocycles. The maximum Gasteiger partial charge on any atom is 0.190 e. The summed E-state index contributed by atoms with van der Waals surface area (Å²) in [5, 5.41) is 70.6. The smallest absolute Gasteiger partial charge is 0.190 e. The lowest BCUT2D eigenvalue weighted by molar-refractivity contribution is -0.440. The van der Waals surface area contributed by atoms with Crippen molar-refractivity contribution >= 4 is 8.07 Å². The van der Waals surface area contributed by atoms with Crippen LogP contribution in [0.5, 0.6) is 0 Å². The Morgan fingerprint density at radius 1 is 0.568 bits per heavy atom. The number of benzene rings is 6. The quantitative estimate of drug-likeness (QED) is 0.0292. The molecule has 74 heavy (non-hydrogen) atoms. The Morgan fingerprint density at radius 2 is 1.01 bits per heavy atom. The second-order valence-electron chi connectivity index (χ2n) is 21.3. The van der Waals surface area contributed by atoms with E-state index in [-0.39, 0.29) is 52.3 Å². The molecule has 11 nitrogen and oxygen atoms in total. The Morgan fingerprint density at radius 3 is 1.50 bits per heavy atom. The molecule has 0 aliphatic carbocycles. The maximum absolute atomic E-state index is 14.9. The number of aliphatic hydroxyl groups excluding tert-OH is 1. The van der Waals surface area contributed by atoms with E-state index < -0.39 is 79.8 Å². The molecule has 0 aromatic heterocycles. The van der Waals surface area contributed by atoms with Crippen molar-refractivity contribution in [1.82, 2.24) is 0 Å². The van der Waals surface area contributed by atoms with Crippen LogP contribution in [-0.2, 0) is 67.5 Å². The molecule has 12 heteroatoms. The van der Waals surface area contributed by atoms with E-state index in [4.69, 9.17) is 28.4 Å². The summed E-state index contributed by atoms with van der Waals surface area (Å²) in [4.78, 5) is 0. The van der Waals surface area contributed by atoms with Crippen molar-refractivity contribution in [2.75, 3.05) is 13.2 Å². The van der Waals surface area contributed by atoms with Gasteiger partial charge >= 0.3 is 0 Å². The van der Waals surface area contributed by atoms with Gasteiger partial charge in [0.05, 0.1) is 32.5 Å². The van der Waals surface area contributed by atoms with Gasteiger partial charge in [-0.15, -0.1) is 6.58 Å². The fourth-order valence-electron chi connectivity index (χ4n) is 10.7. The Bertz CT molecular complexity index is 2610. The topological polar surface area (TPSA) is 157 Å². The zero-order valence-corrected chi connectivity index (χ0v) is 43.9. The molecule has 2 saturated heterocycles. The highest BCUT2D eigenvalue weighted by atomic mass is 28.3. The SMILES string of the molecule is C=CC[C@@]1(O)[C@@H](OCc2ccccc2)[C@H]([C@]2(O)[C@@H](C(O)Cc3ccccc3)O[C@H](OCC[Si](C)(C)C)[C@@](O)(Cc3ccccc3)[C@]2(O)Cc2ccccc2)O[C@H](COCc2ccccc2)[C@@H]1OCc1ccccc1. The van der Waals surface area contributed by atoms with Gasteiger partial charge in [0.2, 0.25) is 0 Å². The van der Waals surface area contributed by atoms with Crippen LogP contribution in [0, 0.1) is 0 Å². The van der Waals surface area contributed by atoms with Crippen LogP contribution in [0.2, 0.25) is 25.7 Å². The van der Waals surface area contributed by atoms with Crippen molar-refractivity contribution in [2.45, 2.75) is 137 Å². The van der Waals surface area contributed by atoms with Crippen LogP contribution in [0.25, 0.3) is 0 Å². The monoisotopic (exact) mass is 1020 g/mol. The molecule has 2 aliphatic heterocycles. The minimum Gasteiger partial charge on any atom is -0.390 e. The number of rotatable bonds is 24. The first-order valence-electron chi connectivity index (χ1n) is 25.8. The van der Waals surface area contributed by atoms with Crippen molar-refractivity contribution in [2.24, 2.45) is 0 Å². The Hall–Kier alpha value is -5.16. The normalized spacial score (nSPS) is 28.6. The van der Waals surface area contributed by atoms with E-state index in [0.29, 0.717) is 22.7 Å². The summed E-state index contributed by atoms with van der Waals surface area (Å²) >= 11 is 0. The van der Waals surface area contributed by atoms with Gasteiger partial charge in [-0.1, -0.05) is 208 Å². The maximum atomic E-state index is 14.9. The molecule has 0 radical (unpaired) electrons. The Labute approximate surface area is 438 Å². The van der Waals surface area contributed by atoms with Gasteiger partial charge in [-0.2, -0.15) is 0 Å². The number of ether oxygens (including phenoxy) is 6. The zero-order valence-electron chi connectivity index (χ0n) is 42.9. The van der Waals surface area contributed by atoms with Crippen LogP contribution in [-0.4, -0.2) is 112 Å². The van der Waals surface area contributed by atoms with E-state index in [0.717, 1.165) is 16.7 Å². The summed E-state index contributed by atoms with van der Waals surface area (Å²) in [5.74, 6) is 0. The summed E-state index contributed by atoms with van der Waals surface area (Å²) in [6.45, 7) is 10.9. The van der Waals surface area contributed by atoms with E-state index in [2.05, 4.69) is 26.2 Å². The number of aliphatic hydroxyl groups is 5. The van der Waals surface area contributed by atoms with Crippen LogP contribution in [0.3, 0.4) is 0 Å². The lowest BCUT2D eigenvalue weighted by atomic mass is 9.56. The van der Waals surface area contributed by atoms with E-state index >= 15 is 0 Å². The van der Waals surface area contributed by atoms with Crippen molar-refractivity contribution in [3.63, 3.8) is 0 Å². The van der Waals surface area contributed by atoms with Crippen LogP contribution in [0.1, 0.15) is 39.8 Å². The van der Waals surface area contributed by atoms with Gasteiger partial charge in [0, 0.05) is 33.9 Å². The standard InChI is InChI=1S/C62H74O11Si/c1-5-36-59(64)55(70-43-50-32-20-10-21-33-50)53(45-68-42-49-30-18-9-19-31-49)72-57(56(59)71-44-51-34-22-11-23-35-51)62(67)54(52(63)39-46-24-12-6-13-25-46)73-58(69-37-38-74(2,3)4)60(65,40-47-26-14-7-15-27-47)61(62,66)41-48-28-16-8-17-29-48/h5-35,52-58,63-67H,1,36-45H2,2-4H3/t52?,53-,54-,55+,56+,57-,58+,59+,60+,61-,62-/m1/s1. The molecular weight excluding hydrogens is 949 g/mol. The number of hydrogen-bond acceptors (Lipinski definition) is 11. The van der Waals surface area contributed by atoms with Gasteiger partial charge in [0.1, 0.15) is 41.7 Å². The highest BCUT2D eigenvalue weighted by molar-refractivity contribution is 6.76. The summed E-state index contributed by atoms with van der Waals surface area (Å²) in [6, 6.07) is 56.8. The minimum absolute atomic E-state index is 0.0522. The molecule has 0 saturated carbocycles. The summed E-state index contributed by atoms with van der Waals surface area (Å²) in [5.41, 5.74) is -5.89. The van der Waals surface area contributed by atoms with Crippen LogP contribution < -0.4 is 0 Å². The molecule has 6 aromatic rings. The highest BCUT2D eigenvalue weighted by Crippen LogP contribution is 2.55. The second-order valence-corrected chi connectivity index (χ2v) is 26.9. The van der Waals surface area contributed by atoms with Crippen molar-refractivity contribution in [3.05, 3.63) is 228 Å². The molecule has 0 bridgehead atoms. The molecular formula is C62H74O11Si. The molecule has 6 aromatic carbocycles. The molecule has 5 N–H and O–H groups in total. The molecule has 2 aliphatic rings. The molecule has 11 atom stereocenters. The Kier molecular flexibility index (Phi) is 18.4. The molecule has 8 rings (SSSR count). The summed E-state index contributed by atoms with van der Waals surface area (Å²) < 4.78 is 41.5. The highest BCUT2D eigenvalue weighted by Gasteiger charge is 2.78. The third-order valence-electron chi connectivity index (χ3n) is 14.6. The molecule has 0 spiro atoms. The van der Waals surface area contributed by atoms with Gasteiger partial charge in [-0.05, 0) is 45.8 Å². The van der Waals surface area contributed by atoms with Gasteiger partial charge in [-0.25, -0.2) is 0 Å². The molecule has 2 fully saturated rings. The first kappa shape index (κ1) is 55.1. The van der Waals surface area contributed by atoms with Crippen molar-refractivity contribution in [3.8, 4) is 0 Å². The third-order valence-corrected chi connectivity index (χ3v) is 16.3. The van der Waals surface area contributed by atoms with E-state index in [1.807, 2.05) is 170 Å². The Balaban J connectivity index is 1.37. The zero-order chi connectivity index (χ0) is 52.2. The molecule has 0 amide bonds. The summed E-state index contributed by atoms with van der Waals surface area (Å²) in [6.07, 6.45) is -10.1. The third kappa shape index (κ3) is 12.6.